The number of nitrogens with zero attached hydrogens (tertiary/aromatic N) is 1. The minimum absolute atomic E-state index is 0.0359. The number of nitrogens with one attached hydrogen (secondary N) is 3. The third kappa shape index (κ3) is 5.60. The lowest BCUT2D eigenvalue weighted by Crippen LogP contribution is -2.44. The molecule has 2 atom stereocenters. The Bertz CT molecular complexity index is 1110. The maximum atomic E-state index is 12.9. The highest BCUT2D eigenvalue weighted by molar-refractivity contribution is 7.81. The molecule has 1 fully saturated rings. The van der Waals surface area contributed by atoms with Crippen molar-refractivity contribution in [2.75, 3.05) is 25.6 Å². The lowest BCUT2D eigenvalue weighted by Gasteiger charge is -2.28. The maximum absolute atomic E-state index is 12.9. The van der Waals surface area contributed by atoms with Crippen LogP contribution >= 0.6 is 23.8 Å². The van der Waals surface area contributed by atoms with E-state index in [1.807, 2.05) is 13.0 Å². The van der Waals surface area contributed by atoms with Crippen LogP contribution < -0.4 is 25.4 Å². The third-order valence-corrected chi connectivity index (χ3v) is 6.25. The number of rotatable bonds is 9. The first-order chi connectivity index (χ1) is 16.5. The van der Waals surface area contributed by atoms with Crippen LogP contribution in [0.25, 0.3) is 0 Å². The lowest BCUT2D eigenvalue weighted by atomic mass is 10.0. The van der Waals surface area contributed by atoms with Crippen LogP contribution in [-0.2, 0) is 16.1 Å². The van der Waals surface area contributed by atoms with Gasteiger partial charge in [-0.3, -0.25) is 9.78 Å². The molecule has 3 N–H and O–H groups in total. The molecule has 8 nitrogen and oxygen atoms in total. The van der Waals surface area contributed by atoms with E-state index in [1.165, 1.54) is 7.11 Å². The molecule has 1 aromatic heterocycles. The first kappa shape index (κ1) is 24.3. The van der Waals surface area contributed by atoms with Crippen LogP contribution in [0.3, 0.4) is 0 Å². The number of carbonyl (C=O) groups is 1. The number of aromatic nitrogens is 1. The topological polar surface area (TPSA) is 93.7 Å². The van der Waals surface area contributed by atoms with Gasteiger partial charge in [0.2, 0.25) is 0 Å². The van der Waals surface area contributed by atoms with Crippen molar-refractivity contribution < 1.29 is 19.0 Å². The van der Waals surface area contributed by atoms with Gasteiger partial charge >= 0.3 is 0 Å². The molecular formula is C24H27ClN4O4S. The van der Waals surface area contributed by atoms with Gasteiger partial charge < -0.3 is 30.2 Å². The van der Waals surface area contributed by atoms with Gasteiger partial charge in [0.15, 0.2) is 5.75 Å². The van der Waals surface area contributed by atoms with Crippen molar-refractivity contribution >= 4 is 40.4 Å². The van der Waals surface area contributed by atoms with E-state index in [9.17, 15) is 4.79 Å². The lowest BCUT2D eigenvalue weighted by molar-refractivity contribution is -0.118. The van der Waals surface area contributed by atoms with Crippen molar-refractivity contribution in [1.29, 1.82) is 0 Å². The summed E-state index contributed by atoms with van der Waals surface area (Å²) < 4.78 is 16.7. The minimum Gasteiger partial charge on any atom is -0.493 e. The number of hydrogen-bond acceptors (Lipinski definition) is 7. The summed E-state index contributed by atoms with van der Waals surface area (Å²) in [6.45, 7) is 3.67. The van der Waals surface area contributed by atoms with E-state index >= 15 is 0 Å². The Hall–Kier alpha value is -2.88. The number of halogens is 1. The number of thiocarbonyl (C=S) groups is 1. The van der Waals surface area contributed by atoms with E-state index < -0.39 is 0 Å². The Morgan fingerprint density at radius 3 is 2.94 bits per heavy atom. The van der Waals surface area contributed by atoms with Crippen LogP contribution in [0.5, 0.6) is 11.5 Å². The third-order valence-electron chi connectivity index (χ3n) is 5.64. The highest BCUT2D eigenvalue weighted by Crippen LogP contribution is 2.33. The molecule has 1 saturated heterocycles. The molecule has 180 valence electrons. The van der Waals surface area contributed by atoms with Crippen LogP contribution in [0.4, 0.5) is 5.69 Å². The molecule has 2 aromatic rings. The number of ether oxygens (including phenoxy) is 3. The molecule has 0 radical (unpaired) electrons. The zero-order valence-corrected chi connectivity index (χ0v) is 20.6. The molecule has 2 aliphatic heterocycles. The van der Waals surface area contributed by atoms with Crippen LogP contribution in [0, 0.1) is 0 Å². The molecule has 4 rings (SSSR count). The van der Waals surface area contributed by atoms with Gasteiger partial charge in [-0.05, 0) is 25.1 Å². The predicted octanol–water partition coefficient (Wildman–Crippen LogP) is 3.60. The normalized spacial score (nSPS) is 19.7. The molecule has 2 aliphatic rings. The van der Waals surface area contributed by atoms with Crippen molar-refractivity contribution in [2.24, 2.45) is 0 Å². The second kappa shape index (κ2) is 11.0. The van der Waals surface area contributed by atoms with Gasteiger partial charge in [0, 0.05) is 49.5 Å². The summed E-state index contributed by atoms with van der Waals surface area (Å²) in [4.78, 5) is 17.4. The molecule has 0 saturated carbocycles. The standard InChI is InChI=1S/C24H27ClN4O4S/c1-14-10-19(27-11-15-6-8-26-12-20(15)33-13-16-7-9-32-16)21(23(30)28-14)24(34)29-18-5-3-4-17(25)22(18)31-2/h3-6,8,12,14,16,27H,7,9-11,13H2,1-2H3,(H,28,30)(H,29,34)/t14-,16+/m1/s1. The molecule has 0 bridgehead atoms. The van der Waals surface area contributed by atoms with Gasteiger partial charge in [-0.25, -0.2) is 0 Å². The summed E-state index contributed by atoms with van der Waals surface area (Å²) in [7, 11) is 1.53. The van der Waals surface area contributed by atoms with Gasteiger partial charge in [0.1, 0.15) is 17.3 Å². The van der Waals surface area contributed by atoms with Crippen molar-refractivity contribution in [3.8, 4) is 11.5 Å². The van der Waals surface area contributed by atoms with Crippen LogP contribution in [0.2, 0.25) is 5.02 Å². The fourth-order valence-corrected chi connectivity index (χ4v) is 4.36. The van der Waals surface area contributed by atoms with Crippen molar-refractivity contribution in [2.45, 2.75) is 38.5 Å². The zero-order valence-electron chi connectivity index (χ0n) is 19.0. The molecule has 10 heteroatoms. The molecular weight excluding hydrogens is 476 g/mol. The number of methoxy groups -OCH3 is 1. The fourth-order valence-electron chi connectivity index (χ4n) is 3.78. The van der Waals surface area contributed by atoms with Crippen molar-refractivity contribution in [1.82, 2.24) is 15.6 Å². The number of pyridine rings is 1. The fraction of sp³-hybridized carbons (Fsp3) is 0.375. The van der Waals surface area contributed by atoms with Gasteiger partial charge in [0.25, 0.3) is 5.91 Å². The van der Waals surface area contributed by atoms with E-state index in [2.05, 4.69) is 20.9 Å². The van der Waals surface area contributed by atoms with E-state index in [-0.39, 0.29) is 23.0 Å². The molecule has 1 aromatic carbocycles. The first-order valence-corrected chi connectivity index (χ1v) is 11.8. The summed E-state index contributed by atoms with van der Waals surface area (Å²) >= 11 is 11.9. The highest BCUT2D eigenvalue weighted by Gasteiger charge is 2.28. The number of carbonyl (C=O) groups excluding carboxylic acids is 1. The average molecular weight is 503 g/mol. The van der Waals surface area contributed by atoms with E-state index in [1.54, 1.807) is 30.6 Å². The quantitative estimate of drug-likeness (QED) is 0.448. The van der Waals surface area contributed by atoms with Gasteiger partial charge in [-0.15, -0.1) is 0 Å². The summed E-state index contributed by atoms with van der Waals surface area (Å²) in [5.41, 5.74) is 2.64. The number of benzene rings is 1. The summed E-state index contributed by atoms with van der Waals surface area (Å²) in [5.74, 6) is 0.902. The molecule has 0 aliphatic carbocycles. The Morgan fingerprint density at radius 2 is 2.21 bits per heavy atom. The highest BCUT2D eigenvalue weighted by atomic mass is 35.5. The maximum Gasteiger partial charge on any atom is 0.256 e. The predicted molar refractivity (Wildman–Crippen MR) is 134 cm³/mol. The second-order valence-electron chi connectivity index (χ2n) is 8.14. The van der Waals surface area contributed by atoms with Crippen molar-refractivity contribution in [3.63, 3.8) is 0 Å². The summed E-state index contributed by atoms with van der Waals surface area (Å²) in [6.07, 6.45) is 5.14. The zero-order chi connectivity index (χ0) is 24.1. The second-order valence-corrected chi connectivity index (χ2v) is 8.95. The summed E-state index contributed by atoms with van der Waals surface area (Å²) in [5, 5.41) is 9.92. The monoisotopic (exact) mass is 502 g/mol. The molecule has 3 heterocycles. The average Bonchev–Trinajstić information content (AvgIpc) is 2.77. The van der Waals surface area contributed by atoms with Gasteiger partial charge in [-0.2, -0.15) is 0 Å². The van der Waals surface area contributed by atoms with E-state index in [0.717, 1.165) is 24.3 Å². The number of para-hydroxylation sites is 1. The van der Waals surface area contributed by atoms with Gasteiger partial charge in [0.05, 0.1) is 35.7 Å². The Morgan fingerprint density at radius 1 is 1.38 bits per heavy atom. The Labute approximate surface area is 209 Å². The molecule has 34 heavy (non-hydrogen) atoms. The number of anilines is 1. The Kier molecular flexibility index (Phi) is 7.87. The van der Waals surface area contributed by atoms with E-state index in [0.29, 0.717) is 47.4 Å². The first-order valence-electron chi connectivity index (χ1n) is 11.0. The minimum atomic E-state index is -0.243. The van der Waals surface area contributed by atoms with Crippen LogP contribution in [-0.4, -0.2) is 48.3 Å². The van der Waals surface area contributed by atoms with E-state index in [4.69, 9.17) is 38.0 Å². The van der Waals surface area contributed by atoms with Crippen LogP contribution in [0.1, 0.15) is 25.3 Å². The number of hydrogen-bond donors (Lipinski definition) is 3. The van der Waals surface area contributed by atoms with Crippen LogP contribution in [0.15, 0.2) is 47.9 Å². The SMILES string of the molecule is COc1c(Cl)cccc1NC(=S)C1=C(NCc2ccncc2OC[C@@H]2CCO2)C[C@@H](C)NC1=O. The largest absolute Gasteiger partial charge is 0.493 e. The molecule has 0 unspecified atom stereocenters. The smallest absolute Gasteiger partial charge is 0.256 e. The molecule has 1 amide bonds. The number of amides is 1. The van der Waals surface area contributed by atoms with Gasteiger partial charge in [-0.1, -0.05) is 29.9 Å². The Balaban J connectivity index is 1.53. The molecule has 0 spiro atoms. The van der Waals surface area contributed by atoms with Crippen molar-refractivity contribution in [3.05, 3.63) is 58.5 Å². The summed E-state index contributed by atoms with van der Waals surface area (Å²) in [6, 6.07) is 7.16.